The zero-order chi connectivity index (χ0) is 37.9. The Balaban J connectivity index is 1.51. The standard InChI is InChI=1S/C30H28F6N9O5S2/c1-7-39-11-10-20(22-15-21(50-6)8-9-23(22)39)14-24-37-25-40-26(38-24)42-17(3)13-19(5)44(42)30(40,43-18(4)12-16(2)41(25)43)45-51(46,47)28(33,34)27(31,32)29(35,36)52(45,48)49/h8-15H,7H2,1-6H3/q+3. The van der Waals surface area contributed by atoms with Crippen molar-refractivity contribution in [3.63, 3.8) is 0 Å². The largest absolute Gasteiger partial charge is 0.639 e. The number of nitrogens with zero attached hydrogens (tertiary/aromatic N) is 9. The van der Waals surface area contributed by atoms with Crippen molar-refractivity contribution in [2.45, 2.75) is 57.0 Å². The van der Waals surface area contributed by atoms with Gasteiger partial charge in [-0.2, -0.15) is 26.3 Å². The van der Waals surface area contributed by atoms with Crippen LogP contribution >= 0.6 is 0 Å². The summed E-state index contributed by atoms with van der Waals surface area (Å²) in [5.74, 6) is -10.4. The highest BCUT2D eigenvalue weighted by atomic mass is 32.3. The molecule has 3 aromatic heterocycles. The molecular formula is C30H28F6N9O5S2+3. The molecule has 0 bridgehead atoms. The van der Waals surface area contributed by atoms with Crippen LogP contribution in [0.15, 0.2) is 42.6 Å². The molecule has 0 spiro atoms. The van der Waals surface area contributed by atoms with Crippen LogP contribution in [0.3, 0.4) is 0 Å². The normalized spacial score (nSPS) is 22.6. The molecule has 0 N–H and O–H groups in total. The van der Waals surface area contributed by atoms with Crippen LogP contribution in [-0.2, 0) is 26.0 Å². The summed E-state index contributed by atoms with van der Waals surface area (Å²) in [5, 5.41) is -13.2. The minimum atomic E-state index is -7.23. The smallest absolute Gasteiger partial charge is 0.497 e. The van der Waals surface area contributed by atoms with E-state index in [9.17, 15) is 25.6 Å². The Morgan fingerprint density at radius 2 is 1.35 bits per heavy atom. The molecule has 274 valence electrons. The minimum absolute atomic E-state index is 0.0432. The number of aryl methyl sites for hydroxylation is 4. The van der Waals surface area contributed by atoms with Crippen molar-refractivity contribution in [1.29, 1.82) is 0 Å². The van der Waals surface area contributed by atoms with Crippen LogP contribution in [-0.4, -0.2) is 70.0 Å². The summed E-state index contributed by atoms with van der Waals surface area (Å²) < 4.78 is 156. The number of allylic oxidation sites excluding steroid dienone is 2. The van der Waals surface area contributed by atoms with Crippen LogP contribution in [0.5, 0.6) is 5.75 Å². The third kappa shape index (κ3) is 3.57. The fraction of sp³-hybridized carbons (Fsp3) is 0.367. The van der Waals surface area contributed by atoms with Crippen LogP contribution in [0.4, 0.5) is 32.0 Å². The van der Waals surface area contributed by atoms with Crippen LogP contribution in [0, 0.1) is 27.7 Å². The number of rotatable bonds is 4. The topological polar surface area (TPSA) is 131 Å². The summed E-state index contributed by atoms with van der Waals surface area (Å²) >= 11 is 0. The molecule has 0 unspecified atom stereocenters. The molecule has 1 aromatic carbocycles. The summed E-state index contributed by atoms with van der Waals surface area (Å²) in [4.78, 5) is 11.2. The van der Waals surface area contributed by atoms with E-state index in [0.717, 1.165) is 29.0 Å². The van der Waals surface area contributed by atoms with E-state index in [1.54, 1.807) is 24.3 Å². The zero-order valence-electron chi connectivity index (χ0n) is 28.0. The van der Waals surface area contributed by atoms with Gasteiger partial charge in [0.05, 0.1) is 10.8 Å². The lowest BCUT2D eigenvalue weighted by Crippen LogP contribution is -2.93. The maximum absolute atomic E-state index is 15.5. The maximum Gasteiger partial charge on any atom is 0.639 e. The number of hydrogen-bond donors (Lipinski definition) is 0. The van der Waals surface area contributed by atoms with Crippen LogP contribution in [0.25, 0.3) is 23.5 Å². The Labute approximate surface area is 291 Å². The Bertz CT molecular complexity index is 2480. The molecule has 4 aliphatic rings. The van der Waals surface area contributed by atoms with E-state index < -0.39 is 46.1 Å². The number of methoxy groups -OCH3 is 1. The first-order valence-electron chi connectivity index (χ1n) is 15.5. The monoisotopic (exact) mass is 772 g/mol. The van der Waals surface area contributed by atoms with Crippen molar-refractivity contribution in [2.75, 3.05) is 18.6 Å². The SMILES string of the molecule is CCN1C=C/C(=C\c2nc3[n+]4c(n2)-n2c(C)cc(C)[n+]2C4(N2S(=O)(=O)C(F)(F)C(F)(F)C(F)(F)S2(=O)=O)[n+]2c(C)cc(C)n2-3)c2cc(OC)ccc21. The van der Waals surface area contributed by atoms with Gasteiger partial charge in [-0.15, -0.1) is 0 Å². The first-order chi connectivity index (χ1) is 24.1. The lowest BCUT2D eigenvalue weighted by atomic mass is 9.99. The van der Waals surface area contributed by atoms with Crippen molar-refractivity contribution in [3.05, 3.63) is 76.8 Å². The second-order valence-electron chi connectivity index (χ2n) is 12.6. The lowest BCUT2D eigenvalue weighted by molar-refractivity contribution is -1.18. The lowest BCUT2D eigenvalue weighted by Gasteiger charge is -2.40. The molecular weight excluding hydrogens is 745 g/mol. The number of sulfonamides is 2. The van der Waals surface area contributed by atoms with Gasteiger partial charge in [-0.3, -0.25) is 0 Å². The predicted molar refractivity (Wildman–Crippen MR) is 167 cm³/mol. The van der Waals surface area contributed by atoms with Gasteiger partial charge in [-0.1, -0.05) is 14.5 Å². The fourth-order valence-corrected chi connectivity index (χ4v) is 11.5. The second-order valence-corrected chi connectivity index (χ2v) is 16.5. The van der Waals surface area contributed by atoms with Crippen molar-refractivity contribution in [3.8, 4) is 17.6 Å². The van der Waals surface area contributed by atoms with Gasteiger partial charge in [-0.05, 0) is 60.0 Å². The van der Waals surface area contributed by atoms with Crippen LogP contribution in [0.1, 0.15) is 41.1 Å². The first kappa shape index (κ1) is 34.3. The van der Waals surface area contributed by atoms with Gasteiger partial charge in [0, 0.05) is 65.4 Å². The van der Waals surface area contributed by atoms with Gasteiger partial charge >= 0.3 is 54.3 Å². The number of aromatic nitrogens is 7. The molecule has 4 aromatic rings. The number of hydrogen-bond acceptors (Lipinski definition) is 8. The molecule has 1 fully saturated rings. The molecule has 0 saturated carbocycles. The molecule has 0 radical (unpaired) electrons. The van der Waals surface area contributed by atoms with Gasteiger partial charge in [0.1, 0.15) is 17.1 Å². The Kier molecular flexibility index (Phi) is 6.57. The maximum atomic E-state index is 15.5. The van der Waals surface area contributed by atoms with E-state index in [-0.39, 0.29) is 40.5 Å². The van der Waals surface area contributed by atoms with E-state index in [1.165, 1.54) is 46.9 Å². The molecule has 1 saturated heterocycles. The van der Waals surface area contributed by atoms with E-state index >= 15 is 17.6 Å². The van der Waals surface area contributed by atoms with Crippen molar-refractivity contribution in [2.24, 2.45) is 0 Å². The quantitative estimate of drug-likeness (QED) is 0.228. The number of ether oxygens (including phenoxy) is 1. The van der Waals surface area contributed by atoms with E-state index in [2.05, 4.69) is 9.97 Å². The van der Waals surface area contributed by atoms with Crippen molar-refractivity contribution in [1.82, 2.24) is 23.0 Å². The van der Waals surface area contributed by atoms with Crippen LogP contribution < -0.4 is 23.6 Å². The molecule has 0 aliphatic carbocycles. The second kappa shape index (κ2) is 9.98. The Morgan fingerprint density at radius 3 is 1.83 bits per heavy atom. The zero-order valence-corrected chi connectivity index (χ0v) is 29.6. The van der Waals surface area contributed by atoms with Crippen LogP contribution in [0.2, 0.25) is 0 Å². The summed E-state index contributed by atoms with van der Waals surface area (Å²) in [6.45, 7) is 8.18. The van der Waals surface area contributed by atoms with Crippen molar-refractivity contribution >= 4 is 37.4 Å². The highest BCUT2D eigenvalue weighted by Crippen LogP contribution is 2.58. The molecule has 7 heterocycles. The number of benzene rings is 1. The average molecular weight is 773 g/mol. The number of halogens is 6. The highest BCUT2D eigenvalue weighted by molar-refractivity contribution is 8.05. The summed E-state index contributed by atoms with van der Waals surface area (Å²) in [5.41, 5.74) is 2.42. The summed E-state index contributed by atoms with van der Waals surface area (Å²) in [7, 11) is -13.0. The van der Waals surface area contributed by atoms with Gasteiger partial charge in [0.25, 0.3) is 0 Å². The molecule has 8 rings (SSSR count). The van der Waals surface area contributed by atoms with E-state index in [1.807, 2.05) is 24.1 Å². The average Bonchev–Trinajstić information content (AvgIpc) is 3.74. The summed E-state index contributed by atoms with van der Waals surface area (Å²) in [6.07, 6.45) is 5.14. The fourth-order valence-electron chi connectivity index (χ4n) is 7.43. The first-order valence-corrected chi connectivity index (χ1v) is 18.4. The summed E-state index contributed by atoms with van der Waals surface area (Å²) in [6, 6.07) is 8.18. The molecule has 0 atom stereocenters. The predicted octanol–water partition coefficient (Wildman–Crippen LogP) is 2.14. The highest BCUT2D eigenvalue weighted by Gasteiger charge is 2.97. The Morgan fingerprint density at radius 1 is 0.827 bits per heavy atom. The third-order valence-corrected chi connectivity index (χ3v) is 13.9. The van der Waals surface area contributed by atoms with Gasteiger partial charge < -0.3 is 9.64 Å². The van der Waals surface area contributed by atoms with Gasteiger partial charge in [-0.25, -0.2) is 16.8 Å². The third-order valence-electron chi connectivity index (χ3n) is 9.59. The minimum Gasteiger partial charge on any atom is -0.497 e. The number of anilines is 1. The van der Waals surface area contributed by atoms with E-state index in [0.29, 0.717) is 23.4 Å². The molecule has 0 amide bonds. The Hall–Kier alpha value is -4.83. The van der Waals surface area contributed by atoms with Gasteiger partial charge in [0.2, 0.25) is 17.2 Å². The molecule has 14 nitrogen and oxygen atoms in total. The molecule has 52 heavy (non-hydrogen) atoms. The van der Waals surface area contributed by atoms with E-state index in [4.69, 9.17) is 4.74 Å². The number of alkyl halides is 6. The molecule has 4 aliphatic heterocycles. The van der Waals surface area contributed by atoms with Gasteiger partial charge in [0.15, 0.2) is 0 Å². The number of fused-ring (bicyclic) bond motifs is 7. The van der Waals surface area contributed by atoms with Crippen molar-refractivity contribution < 1.29 is 61.8 Å². The molecule has 22 heteroatoms.